The normalized spacial score (nSPS) is 12.8. The van der Waals surface area contributed by atoms with Crippen LogP contribution in [0.5, 0.6) is 0 Å². The lowest BCUT2D eigenvalue weighted by atomic mass is 9.90. The van der Waals surface area contributed by atoms with Crippen LogP contribution < -0.4 is 10.5 Å². The fourth-order valence-electron chi connectivity index (χ4n) is 4.77. The fourth-order valence-corrected chi connectivity index (χ4v) is 4.77. The number of H-pyrrole nitrogens is 1. The molecule has 0 fully saturated rings. The number of aromatic amines is 1. The Morgan fingerprint density at radius 1 is 1.00 bits per heavy atom. The van der Waals surface area contributed by atoms with E-state index in [0.29, 0.717) is 24.4 Å². The summed E-state index contributed by atoms with van der Waals surface area (Å²) in [6.07, 6.45) is 6.67. The third-order valence-corrected chi connectivity index (χ3v) is 6.69. The van der Waals surface area contributed by atoms with Crippen LogP contribution in [0.25, 0.3) is 0 Å². The molecule has 0 aliphatic heterocycles. The smallest absolute Gasteiger partial charge is 0.267 e. The van der Waals surface area contributed by atoms with Gasteiger partial charge in [-0.2, -0.15) is 5.10 Å². The molecule has 35 heavy (non-hydrogen) atoms. The van der Waals surface area contributed by atoms with Gasteiger partial charge in [-0.15, -0.1) is 0 Å². The monoisotopic (exact) mass is 467 g/mol. The van der Waals surface area contributed by atoms with Gasteiger partial charge in [0.15, 0.2) is 0 Å². The number of benzene rings is 2. The molecular formula is C29H29N3O3. The molecule has 0 saturated carbocycles. The molecular weight excluding hydrogens is 438 g/mol. The van der Waals surface area contributed by atoms with Crippen LogP contribution in [-0.4, -0.2) is 22.6 Å². The summed E-state index contributed by atoms with van der Waals surface area (Å²) in [6, 6.07) is 19.6. The van der Waals surface area contributed by atoms with Crippen LogP contribution in [0.4, 0.5) is 5.88 Å². The molecule has 0 atom stereocenters. The Labute approximate surface area is 204 Å². The van der Waals surface area contributed by atoms with Gasteiger partial charge in [0.25, 0.3) is 11.5 Å². The Bertz CT molecular complexity index is 1370. The molecule has 1 amide bonds. The standard InChI is InChI=1S/C29H29N3O3/c1-20-11-13-21(14-12-20)15-16-32(27-10-5-17-35-27)29(34)23-7-4-6-22(18-23)19-26-24-8-2-3-9-25(24)28(33)31-30-26/h4-7,10-14,17-18H,2-3,8-9,15-16,19H2,1H3,(H,31,33). The predicted octanol–water partition coefficient (Wildman–Crippen LogP) is 5.03. The number of rotatable bonds is 7. The minimum atomic E-state index is -0.106. The van der Waals surface area contributed by atoms with Crippen molar-refractivity contribution >= 4 is 11.8 Å². The SMILES string of the molecule is Cc1ccc(CCN(C(=O)c2cccc(Cc3n[nH]c(=O)c4c3CCCC4)c2)c2ccco2)cc1. The van der Waals surface area contributed by atoms with Gasteiger partial charge in [-0.3, -0.25) is 14.5 Å². The van der Waals surface area contributed by atoms with E-state index < -0.39 is 0 Å². The van der Waals surface area contributed by atoms with Crippen molar-refractivity contribution in [3.8, 4) is 0 Å². The zero-order valence-corrected chi connectivity index (χ0v) is 19.9. The van der Waals surface area contributed by atoms with Crippen molar-refractivity contribution in [2.75, 3.05) is 11.4 Å². The van der Waals surface area contributed by atoms with E-state index in [-0.39, 0.29) is 11.5 Å². The molecule has 1 aliphatic rings. The lowest BCUT2D eigenvalue weighted by Crippen LogP contribution is -2.32. The molecule has 1 aliphatic carbocycles. The number of furan rings is 1. The summed E-state index contributed by atoms with van der Waals surface area (Å²) < 4.78 is 5.61. The Hall–Kier alpha value is -3.93. The highest BCUT2D eigenvalue weighted by atomic mass is 16.3. The molecule has 5 rings (SSSR count). The van der Waals surface area contributed by atoms with E-state index >= 15 is 0 Å². The number of amides is 1. The average molecular weight is 468 g/mol. The molecule has 178 valence electrons. The maximum absolute atomic E-state index is 13.6. The van der Waals surface area contributed by atoms with Crippen LogP contribution in [0.3, 0.4) is 0 Å². The molecule has 0 unspecified atom stereocenters. The number of aromatic nitrogens is 2. The minimum absolute atomic E-state index is 0.0740. The van der Waals surface area contributed by atoms with Crippen molar-refractivity contribution in [2.24, 2.45) is 0 Å². The summed E-state index contributed by atoms with van der Waals surface area (Å²) in [6.45, 7) is 2.57. The molecule has 6 heteroatoms. The number of carbonyl (C=O) groups is 1. The van der Waals surface area contributed by atoms with Gasteiger partial charge < -0.3 is 4.42 Å². The lowest BCUT2D eigenvalue weighted by molar-refractivity contribution is 0.0983. The van der Waals surface area contributed by atoms with Gasteiger partial charge in [-0.05, 0) is 73.9 Å². The molecule has 0 saturated heterocycles. The zero-order valence-electron chi connectivity index (χ0n) is 19.9. The van der Waals surface area contributed by atoms with Crippen LogP contribution >= 0.6 is 0 Å². The topological polar surface area (TPSA) is 79.2 Å². The van der Waals surface area contributed by atoms with Crippen LogP contribution in [-0.2, 0) is 25.7 Å². The van der Waals surface area contributed by atoms with Crippen molar-refractivity contribution in [2.45, 2.75) is 45.4 Å². The number of hydrogen-bond acceptors (Lipinski definition) is 4. The van der Waals surface area contributed by atoms with Crippen molar-refractivity contribution in [3.05, 3.63) is 116 Å². The van der Waals surface area contributed by atoms with E-state index in [1.807, 2.05) is 30.3 Å². The number of anilines is 1. The van der Waals surface area contributed by atoms with E-state index in [1.54, 1.807) is 17.2 Å². The number of nitrogens with one attached hydrogen (secondary N) is 1. The quantitative estimate of drug-likeness (QED) is 0.413. The Kier molecular flexibility index (Phi) is 6.62. The second kappa shape index (κ2) is 10.1. The average Bonchev–Trinajstić information content (AvgIpc) is 3.42. The Balaban J connectivity index is 1.38. The molecule has 2 aromatic heterocycles. The maximum Gasteiger partial charge on any atom is 0.267 e. The molecule has 2 aromatic carbocycles. The van der Waals surface area contributed by atoms with Gasteiger partial charge >= 0.3 is 0 Å². The molecule has 4 aromatic rings. The van der Waals surface area contributed by atoms with Crippen molar-refractivity contribution < 1.29 is 9.21 Å². The number of hydrogen-bond donors (Lipinski definition) is 1. The Morgan fingerprint density at radius 3 is 2.57 bits per heavy atom. The van der Waals surface area contributed by atoms with Gasteiger partial charge in [-0.1, -0.05) is 42.0 Å². The van der Waals surface area contributed by atoms with E-state index in [4.69, 9.17) is 4.42 Å². The Morgan fingerprint density at radius 2 is 1.80 bits per heavy atom. The number of aryl methyl sites for hydroxylation is 1. The fraction of sp³-hybridized carbons (Fsp3) is 0.276. The van der Waals surface area contributed by atoms with Crippen LogP contribution in [0.2, 0.25) is 0 Å². The lowest BCUT2D eigenvalue weighted by Gasteiger charge is -2.21. The number of fused-ring (bicyclic) bond motifs is 1. The van der Waals surface area contributed by atoms with Crippen LogP contribution in [0.15, 0.2) is 76.1 Å². The first-order valence-corrected chi connectivity index (χ1v) is 12.2. The summed E-state index contributed by atoms with van der Waals surface area (Å²) in [4.78, 5) is 27.5. The predicted molar refractivity (Wildman–Crippen MR) is 136 cm³/mol. The highest BCUT2D eigenvalue weighted by Crippen LogP contribution is 2.23. The van der Waals surface area contributed by atoms with Crippen LogP contribution in [0, 0.1) is 6.92 Å². The van der Waals surface area contributed by atoms with Crippen LogP contribution in [0.1, 0.15) is 56.7 Å². The largest absolute Gasteiger partial charge is 0.448 e. The van der Waals surface area contributed by atoms with E-state index in [2.05, 4.69) is 41.4 Å². The van der Waals surface area contributed by atoms with E-state index in [1.165, 1.54) is 11.1 Å². The second-order valence-corrected chi connectivity index (χ2v) is 9.18. The first kappa shape index (κ1) is 22.8. The second-order valence-electron chi connectivity index (χ2n) is 9.18. The van der Waals surface area contributed by atoms with E-state index in [0.717, 1.165) is 54.5 Å². The first-order chi connectivity index (χ1) is 17.1. The summed E-state index contributed by atoms with van der Waals surface area (Å²) in [5.74, 6) is 0.425. The highest BCUT2D eigenvalue weighted by Gasteiger charge is 2.21. The van der Waals surface area contributed by atoms with Crippen molar-refractivity contribution in [3.63, 3.8) is 0 Å². The molecule has 1 N–H and O–H groups in total. The molecule has 6 nitrogen and oxygen atoms in total. The van der Waals surface area contributed by atoms with Gasteiger partial charge in [0.2, 0.25) is 5.88 Å². The molecule has 2 heterocycles. The van der Waals surface area contributed by atoms with Gasteiger partial charge in [-0.25, -0.2) is 5.10 Å². The van der Waals surface area contributed by atoms with E-state index in [9.17, 15) is 9.59 Å². The summed E-state index contributed by atoms with van der Waals surface area (Å²) in [5.41, 5.74) is 6.73. The molecule has 0 bridgehead atoms. The van der Waals surface area contributed by atoms with Crippen molar-refractivity contribution in [1.82, 2.24) is 10.2 Å². The summed E-state index contributed by atoms with van der Waals surface area (Å²) in [7, 11) is 0. The number of carbonyl (C=O) groups excluding carboxylic acids is 1. The van der Waals surface area contributed by atoms with Gasteiger partial charge in [0.05, 0.1) is 12.0 Å². The van der Waals surface area contributed by atoms with Crippen molar-refractivity contribution in [1.29, 1.82) is 0 Å². The molecule has 0 spiro atoms. The van der Waals surface area contributed by atoms with Gasteiger partial charge in [0.1, 0.15) is 0 Å². The molecule has 0 radical (unpaired) electrons. The van der Waals surface area contributed by atoms with Gasteiger partial charge in [0, 0.05) is 30.2 Å². The third kappa shape index (κ3) is 5.11. The zero-order chi connectivity index (χ0) is 24.2. The maximum atomic E-state index is 13.6. The summed E-state index contributed by atoms with van der Waals surface area (Å²) in [5, 5.41) is 7.02. The summed E-state index contributed by atoms with van der Waals surface area (Å²) >= 11 is 0. The number of nitrogens with zero attached hydrogens (tertiary/aromatic N) is 2. The third-order valence-electron chi connectivity index (χ3n) is 6.69. The highest BCUT2D eigenvalue weighted by molar-refractivity contribution is 6.05. The first-order valence-electron chi connectivity index (χ1n) is 12.2. The minimum Gasteiger partial charge on any atom is -0.448 e.